The first kappa shape index (κ1) is 14.7. The van der Waals surface area contributed by atoms with Gasteiger partial charge < -0.3 is 0 Å². The van der Waals surface area contributed by atoms with Crippen LogP contribution in [0, 0.1) is 11.3 Å². The van der Waals surface area contributed by atoms with Gasteiger partial charge in [0.15, 0.2) is 5.82 Å². The molecule has 0 amide bonds. The molecule has 1 saturated carbocycles. The molecule has 0 aliphatic heterocycles. The van der Waals surface area contributed by atoms with E-state index in [-0.39, 0.29) is 6.04 Å². The molecule has 114 valence electrons. The molecule has 1 atom stereocenters. The van der Waals surface area contributed by atoms with Gasteiger partial charge in [-0.2, -0.15) is 5.26 Å². The first-order chi connectivity index (χ1) is 10.7. The number of rotatable bonds is 6. The fourth-order valence-corrected chi connectivity index (χ4v) is 2.67. The highest BCUT2D eigenvalue weighted by atomic mass is 15.6. The molecule has 3 rings (SSSR count). The van der Waals surface area contributed by atoms with E-state index in [1.807, 2.05) is 28.9 Å². The van der Waals surface area contributed by atoms with Crippen molar-refractivity contribution in [3.63, 3.8) is 0 Å². The standard InChI is InChI=1S/C16H20N6/c1-3-21(11-16-18-19-20-22(16)15-8-9-15)12(2)14-6-4-13(10-17)5-7-14/h4-7,12,15H,3,8-9,11H2,1-2H3/t12-/m0/s1. The zero-order valence-electron chi connectivity index (χ0n) is 13.0. The molecule has 1 aromatic heterocycles. The Morgan fingerprint density at radius 1 is 1.36 bits per heavy atom. The summed E-state index contributed by atoms with van der Waals surface area (Å²) in [6, 6.07) is 10.7. The highest BCUT2D eigenvalue weighted by Gasteiger charge is 2.28. The Labute approximate surface area is 130 Å². The number of hydrogen-bond acceptors (Lipinski definition) is 5. The Morgan fingerprint density at radius 2 is 2.09 bits per heavy atom. The third kappa shape index (κ3) is 3.00. The Hall–Kier alpha value is -2.26. The minimum Gasteiger partial charge on any atom is -0.289 e. The largest absolute Gasteiger partial charge is 0.289 e. The number of nitriles is 1. The maximum absolute atomic E-state index is 8.90. The molecule has 1 aliphatic carbocycles. The number of benzene rings is 1. The minimum absolute atomic E-state index is 0.252. The van der Waals surface area contributed by atoms with Crippen LogP contribution in [-0.4, -0.2) is 31.7 Å². The van der Waals surface area contributed by atoms with Gasteiger partial charge in [0.05, 0.1) is 24.2 Å². The fraction of sp³-hybridized carbons (Fsp3) is 0.500. The number of tetrazole rings is 1. The third-order valence-electron chi connectivity index (χ3n) is 4.27. The van der Waals surface area contributed by atoms with Crippen molar-refractivity contribution in [3.8, 4) is 6.07 Å². The Morgan fingerprint density at radius 3 is 2.68 bits per heavy atom. The molecule has 1 fully saturated rings. The van der Waals surface area contributed by atoms with Crippen LogP contribution in [0.15, 0.2) is 24.3 Å². The van der Waals surface area contributed by atoms with Crippen LogP contribution in [0.3, 0.4) is 0 Å². The van der Waals surface area contributed by atoms with Crippen LogP contribution in [0.5, 0.6) is 0 Å². The number of hydrogen-bond donors (Lipinski definition) is 0. The van der Waals surface area contributed by atoms with Crippen LogP contribution in [-0.2, 0) is 6.54 Å². The van der Waals surface area contributed by atoms with Crippen LogP contribution in [0.2, 0.25) is 0 Å². The van der Waals surface area contributed by atoms with Crippen molar-refractivity contribution >= 4 is 0 Å². The lowest BCUT2D eigenvalue weighted by Crippen LogP contribution is -2.28. The Kier molecular flexibility index (Phi) is 4.16. The van der Waals surface area contributed by atoms with Gasteiger partial charge in [-0.05, 0) is 54.4 Å². The monoisotopic (exact) mass is 296 g/mol. The van der Waals surface area contributed by atoms with Gasteiger partial charge in [-0.15, -0.1) is 5.10 Å². The lowest BCUT2D eigenvalue weighted by Gasteiger charge is -2.27. The van der Waals surface area contributed by atoms with Crippen LogP contribution in [0.4, 0.5) is 0 Å². The van der Waals surface area contributed by atoms with Crippen molar-refractivity contribution in [1.82, 2.24) is 25.1 Å². The smallest absolute Gasteiger partial charge is 0.165 e. The fourth-order valence-electron chi connectivity index (χ4n) is 2.67. The summed E-state index contributed by atoms with van der Waals surface area (Å²) >= 11 is 0. The van der Waals surface area contributed by atoms with Crippen molar-refractivity contribution in [3.05, 3.63) is 41.2 Å². The number of nitrogens with zero attached hydrogens (tertiary/aromatic N) is 6. The second-order valence-corrected chi connectivity index (χ2v) is 5.74. The maximum atomic E-state index is 8.90. The van der Waals surface area contributed by atoms with E-state index in [1.165, 1.54) is 18.4 Å². The quantitative estimate of drug-likeness (QED) is 0.819. The zero-order chi connectivity index (χ0) is 15.5. The van der Waals surface area contributed by atoms with E-state index in [0.717, 1.165) is 18.9 Å². The maximum Gasteiger partial charge on any atom is 0.165 e. The lowest BCUT2D eigenvalue weighted by molar-refractivity contribution is 0.203. The van der Waals surface area contributed by atoms with Crippen LogP contribution in [0.1, 0.15) is 55.7 Å². The Balaban J connectivity index is 1.74. The molecule has 0 spiro atoms. The molecule has 1 aromatic carbocycles. The van der Waals surface area contributed by atoms with E-state index in [2.05, 4.69) is 40.3 Å². The third-order valence-corrected chi connectivity index (χ3v) is 4.27. The summed E-state index contributed by atoms with van der Waals surface area (Å²) in [7, 11) is 0. The molecule has 0 unspecified atom stereocenters. The molecule has 1 aliphatic rings. The van der Waals surface area contributed by atoms with Crippen LogP contribution in [0.25, 0.3) is 0 Å². The predicted octanol–water partition coefficient (Wildman–Crippen LogP) is 2.46. The van der Waals surface area contributed by atoms with Gasteiger partial charge in [-0.1, -0.05) is 19.1 Å². The second kappa shape index (κ2) is 6.24. The van der Waals surface area contributed by atoms with E-state index < -0.39 is 0 Å². The van der Waals surface area contributed by atoms with Gasteiger partial charge in [-0.25, -0.2) is 4.68 Å². The SMILES string of the molecule is CCN(Cc1nnnn1C1CC1)[C@@H](C)c1ccc(C#N)cc1. The molecule has 1 heterocycles. The molecule has 0 saturated heterocycles. The molecule has 0 N–H and O–H groups in total. The highest BCUT2D eigenvalue weighted by molar-refractivity contribution is 5.32. The van der Waals surface area contributed by atoms with E-state index in [1.54, 1.807) is 0 Å². The lowest BCUT2D eigenvalue weighted by atomic mass is 10.1. The molecule has 6 heteroatoms. The van der Waals surface area contributed by atoms with E-state index >= 15 is 0 Å². The molecular formula is C16H20N6. The molecule has 0 bridgehead atoms. The van der Waals surface area contributed by atoms with E-state index in [0.29, 0.717) is 11.6 Å². The topological polar surface area (TPSA) is 70.6 Å². The summed E-state index contributed by atoms with van der Waals surface area (Å²) in [4.78, 5) is 2.34. The average molecular weight is 296 g/mol. The molecule has 6 nitrogen and oxygen atoms in total. The number of aromatic nitrogens is 4. The first-order valence-electron chi connectivity index (χ1n) is 7.73. The average Bonchev–Trinajstić information content (AvgIpc) is 3.31. The van der Waals surface area contributed by atoms with Gasteiger partial charge in [0.1, 0.15) is 0 Å². The summed E-state index contributed by atoms with van der Waals surface area (Å²) in [5.74, 6) is 0.935. The van der Waals surface area contributed by atoms with Crippen molar-refractivity contribution in [2.45, 2.75) is 45.3 Å². The minimum atomic E-state index is 0.252. The zero-order valence-corrected chi connectivity index (χ0v) is 13.0. The van der Waals surface area contributed by atoms with E-state index in [9.17, 15) is 0 Å². The predicted molar refractivity (Wildman–Crippen MR) is 81.7 cm³/mol. The van der Waals surface area contributed by atoms with Crippen LogP contribution >= 0.6 is 0 Å². The summed E-state index contributed by atoms with van der Waals surface area (Å²) in [5.41, 5.74) is 1.89. The Bertz CT molecular complexity index is 665. The summed E-state index contributed by atoms with van der Waals surface area (Å²) in [5, 5.41) is 21.0. The van der Waals surface area contributed by atoms with Crippen molar-refractivity contribution in [2.75, 3.05) is 6.54 Å². The molecule has 0 radical (unpaired) electrons. The van der Waals surface area contributed by atoms with Gasteiger partial charge in [0.25, 0.3) is 0 Å². The first-order valence-corrected chi connectivity index (χ1v) is 7.73. The highest BCUT2D eigenvalue weighted by Crippen LogP contribution is 2.35. The normalized spacial score (nSPS) is 15.7. The molecule has 22 heavy (non-hydrogen) atoms. The summed E-state index contributed by atoms with van der Waals surface area (Å²) < 4.78 is 1.97. The second-order valence-electron chi connectivity index (χ2n) is 5.74. The van der Waals surface area contributed by atoms with Crippen molar-refractivity contribution in [2.24, 2.45) is 0 Å². The summed E-state index contributed by atoms with van der Waals surface area (Å²) in [6.07, 6.45) is 2.35. The van der Waals surface area contributed by atoms with Gasteiger partial charge in [0, 0.05) is 6.04 Å². The van der Waals surface area contributed by atoms with Crippen LogP contribution < -0.4 is 0 Å². The van der Waals surface area contributed by atoms with Gasteiger partial charge >= 0.3 is 0 Å². The van der Waals surface area contributed by atoms with E-state index in [4.69, 9.17) is 5.26 Å². The van der Waals surface area contributed by atoms with Gasteiger partial charge in [-0.3, -0.25) is 4.90 Å². The van der Waals surface area contributed by atoms with Crippen molar-refractivity contribution < 1.29 is 0 Å². The molecule has 2 aromatic rings. The molecular weight excluding hydrogens is 276 g/mol. The summed E-state index contributed by atoms with van der Waals surface area (Å²) in [6.45, 7) is 5.97. The van der Waals surface area contributed by atoms with Gasteiger partial charge in [0.2, 0.25) is 0 Å². The van der Waals surface area contributed by atoms with Crippen molar-refractivity contribution in [1.29, 1.82) is 5.26 Å².